The molecule has 0 aliphatic rings. The van der Waals surface area contributed by atoms with E-state index in [2.05, 4.69) is 36.7 Å². The smallest absolute Gasteiger partial charge is 0.237 e. The lowest BCUT2D eigenvalue weighted by atomic mass is 10.0. The van der Waals surface area contributed by atoms with Crippen molar-refractivity contribution in [2.75, 3.05) is 19.3 Å². The molecule has 0 aromatic rings. The van der Waals surface area contributed by atoms with Crippen LogP contribution in [0.1, 0.15) is 33.6 Å². The van der Waals surface area contributed by atoms with E-state index in [1.807, 2.05) is 18.7 Å². The summed E-state index contributed by atoms with van der Waals surface area (Å²) in [5, 5.41) is 5.96. The monoisotopic (exact) mass is 256 g/mol. The van der Waals surface area contributed by atoms with E-state index in [4.69, 9.17) is 6.42 Å². The van der Waals surface area contributed by atoms with Gasteiger partial charge in [-0.2, -0.15) is 11.8 Å². The molecule has 17 heavy (non-hydrogen) atoms. The maximum Gasteiger partial charge on any atom is 0.237 e. The second-order valence-electron chi connectivity index (χ2n) is 4.12. The average Bonchev–Trinajstić information content (AvgIpc) is 2.37. The lowest BCUT2D eigenvalue weighted by Gasteiger charge is -2.31. The molecule has 98 valence electrons. The van der Waals surface area contributed by atoms with E-state index in [1.165, 1.54) is 0 Å². The van der Waals surface area contributed by atoms with Crippen LogP contribution >= 0.6 is 11.8 Å². The Balaban J connectivity index is 4.17. The van der Waals surface area contributed by atoms with Crippen LogP contribution in [0.25, 0.3) is 0 Å². The van der Waals surface area contributed by atoms with Crippen molar-refractivity contribution < 1.29 is 4.79 Å². The summed E-state index contributed by atoms with van der Waals surface area (Å²) in [6.07, 6.45) is 9.41. The number of carbonyl (C=O) groups excluding carboxylic acids is 1. The zero-order valence-electron chi connectivity index (χ0n) is 11.3. The van der Waals surface area contributed by atoms with Crippen LogP contribution in [0.2, 0.25) is 0 Å². The van der Waals surface area contributed by atoms with Crippen molar-refractivity contribution in [1.29, 1.82) is 0 Å². The molecule has 1 unspecified atom stereocenters. The Hall–Kier alpha value is -0.660. The number of carbonyl (C=O) groups is 1. The minimum Gasteiger partial charge on any atom is -0.344 e. The van der Waals surface area contributed by atoms with Crippen LogP contribution in [0, 0.1) is 12.3 Å². The summed E-state index contributed by atoms with van der Waals surface area (Å²) in [4.78, 5) is 11.6. The summed E-state index contributed by atoms with van der Waals surface area (Å²) in [6.45, 7) is 7.36. The van der Waals surface area contributed by atoms with Crippen LogP contribution in [0.3, 0.4) is 0 Å². The summed E-state index contributed by atoms with van der Waals surface area (Å²) < 4.78 is 0.223. The molecule has 0 fully saturated rings. The highest BCUT2D eigenvalue weighted by molar-refractivity contribution is 8.00. The molecule has 3 nitrogen and oxygen atoms in total. The summed E-state index contributed by atoms with van der Waals surface area (Å²) in [7, 11) is 0. The highest BCUT2D eigenvalue weighted by Gasteiger charge is 2.26. The molecule has 0 aliphatic carbocycles. The van der Waals surface area contributed by atoms with E-state index in [-0.39, 0.29) is 16.7 Å². The molecule has 0 aromatic carbocycles. The van der Waals surface area contributed by atoms with Crippen LogP contribution in [-0.4, -0.2) is 36.0 Å². The fraction of sp³-hybridized carbons (Fsp3) is 0.769. The number of terminal acetylenes is 1. The summed E-state index contributed by atoms with van der Waals surface area (Å²) in [5.74, 6) is 2.36. The third-order valence-corrected chi connectivity index (χ3v) is 4.80. The van der Waals surface area contributed by atoms with E-state index in [0.29, 0.717) is 6.54 Å². The SMILES string of the molecule is C#CCNC(=O)C(C)NCC(CC)(CC)SC. The maximum absolute atomic E-state index is 11.6. The normalized spacial score (nSPS) is 12.9. The molecular weight excluding hydrogens is 232 g/mol. The molecule has 2 N–H and O–H groups in total. The van der Waals surface area contributed by atoms with E-state index < -0.39 is 0 Å². The molecule has 0 rings (SSSR count). The van der Waals surface area contributed by atoms with E-state index in [9.17, 15) is 4.79 Å². The Labute approximate surface area is 110 Å². The van der Waals surface area contributed by atoms with Gasteiger partial charge in [-0.3, -0.25) is 4.79 Å². The molecular formula is C13H24N2OS. The van der Waals surface area contributed by atoms with E-state index >= 15 is 0 Å². The number of nitrogens with one attached hydrogen (secondary N) is 2. The first-order valence-electron chi connectivity index (χ1n) is 6.05. The van der Waals surface area contributed by atoms with Gasteiger partial charge in [0.2, 0.25) is 5.91 Å². The molecule has 1 atom stereocenters. The third kappa shape index (κ3) is 5.47. The Morgan fingerprint density at radius 2 is 2.06 bits per heavy atom. The standard InChI is InChI=1S/C13H24N2OS/c1-6-9-14-12(16)11(4)15-10-13(7-2,8-3)17-5/h1,11,15H,7-10H2,2-5H3,(H,14,16). The average molecular weight is 256 g/mol. The van der Waals surface area contributed by atoms with Crippen molar-refractivity contribution in [3.05, 3.63) is 0 Å². The molecule has 0 spiro atoms. The highest BCUT2D eigenvalue weighted by Crippen LogP contribution is 2.29. The highest BCUT2D eigenvalue weighted by atomic mass is 32.2. The van der Waals surface area contributed by atoms with Crippen LogP contribution in [-0.2, 0) is 4.79 Å². The van der Waals surface area contributed by atoms with Crippen molar-refractivity contribution in [3.8, 4) is 12.3 Å². The summed E-state index contributed by atoms with van der Waals surface area (Å²) in [6, 6.07) is -0.201. The molecule has 0 heterocycles. The number of thioether (sulfide) groups is 1. The topological polar surface area (TPSA) is 41.1 Å². The second kappa shape index (κ2) is 8.43. The van der Waals surface area contributed by atoms with Gasteiger partial charge in [0.25, 0.3) is 0 Å². The zero-order valence-corrected chi connectivity index (χ0v) is 12.1. The number of amides is 1. The van der Waals surface area contributed by atoms with Gasteiger partial charge in [-0.1, -0.05) is 19.8 Å². The van der Waals surface area contributed by atoms with Gasteiger partial charge in [-0.05, 0) is 26.0 Å². The van der Waals surface area contributed by atoms with Crippen molar-refractivity contribution in [2.24, 2.45) is 0 Å². The van der Waals surface area contributed by atoms with Gasteiger partial charge >= 0.3 is 0 Å². The maximum atomic E-state index is 11.6. The molecule has 0 radical (unpaired) electrons. The Kier molecular flexibility index (Phi) is 8.11. The number of hydrogen-bond donors (Lipinski definition) is 2. The fourth-order valence-corrected chi connectivity index (χ4v) is 2.39. The van der Waals surface area contributed by atoms with Crippen LogP contribution in [0.4, 0.5) is 0 Å². The first kappa shape index (κ1) is 16.3. The Morgan fingerprint density at radius 1 is 1.47 bits per heavy atom. The van der Waals surface area contributed by atoms with Crippen LogP contribution in [0.15, 0.2) is 0 Å². The molecule has 0 bridgehead atoms. The molecule has 4 heteroatoms. The Morgan fingerprint density at radius 3 is 2.47 bits per heavy atom. The molecule has 0 aliphatic heterocycles. The van der Waals surface area contributed by atoms with Crippen molar-refractivity contribution >= 4 is 17.7 Å². The van der Waals surface area contributed by atoms with Gasteiger partial charge in [0.15, 0.2) is 0 Å². The quantitative estimate of drug-likeness (QED) is 0.649. The molecule has 0 saturated carbocycles. The lowest BCUT2D eigenvalue weighted by Crippen LogP contribution is -2.47. The van der Waals surface area contributed by atoms with Crippen molar-refractivity contribution in [2.45, 2.75) is 44.4 Å². The molecule has 0 aromatic heterocycles. The zero-order chi connectivity index (χ0) is 13.3. The van der Waals surface area contributed by atoms with Gasteiger partial charge < -0.3 is 10.6 Å². The van der Waals surface area contributed by atoms with Gasteiger partial charge in [-0.25, -0.2) is 0 Å². The second-order valence-corrected chi connectivity index (χ2v) is 5.39. The fourth-order valence-electron chi connectivity index (χ4n) is 1.58. The molecule has 1 amide bonds. The number of hydrogen-bond acceptors (Lipinski definition) is 3. The molecule has 0 saturated heterocycles. The summed E-state index contributed by atoms with van der Waals surface area (Å²) >= 11 is 1.86. The first-order valence-corrected chi connectivity index (χ1v) is 7.27. The van der Waals surface area contributed by atoms with Crippen molar-refractivity contribution in [1.82, 2.24) is 10.6 Å². The van der Waals surface area contributed by atoms with E-state index in [0.717, 1.165) is 19.4 Å². The van der Waals surface area contributed by atoms with E-state index in [1.54, 1.807) is 0 Å². The van der Waals surface area contributed by atoms with Gasteiger partial charge in [0.1, 0.15) is 0 Å². The van der Waals surface area contributed by atoms with Crippen molar-refractivity contribution in [3.63, 3.8) is 0 Å². The largest absolute Gasteiger partial charge is 0.344 e. The van der Waals surface area contributed by atoms with Crippen LogP contribution in [0.5, 0.6) is 0 Å². The first-order chi connectivity index (χ1) is 8.05. The number of rotatable bonds is 8. The predicted molar refractivity (Wildman–Crippen MR) is 76.1 cm³/mol. The minimum absolute atomic E-state index is 0.0369. The Bertz CT molecular complexity index is 261. The van der Waals surface area contributed by atoms with Crippen LogP contribution < -0.4 is 10.6 Å². The minimum atomic E-state index is -0.201. The van der Waals surface area contributed by atoms with Gasteiger partial charge in [0.05, 0.1) is 12.6 Å². The summed E-state index contributed by atoms with van der Waals surface area (Å²) in [5.41, 5.74) is 0. The third-order valence-electron chi connectivity index (χ3n) is 3.21. The predicted octanol–water partition coefficient (Wildman–Crippen LogP) is 1.64. The van der Waals surface area contributed by atoms with Gasteiger partial charge in [0, 0.05) is 11.3 Å². The lowest BCUT2D eigenvalue weighted by molar-refractivity contribution is -0.122. The van der Waals surface area contributed by atoms with Gasteiger partial charge in [-0.15, -0.1) is 6.42 Å².